The lowest BCUT2D eigenvalue weighted by molar-refractivity contribution is -0.139. The topological polar surface area (TPSA) is 192 Å². The Labute approximate surface area is 263 Å². The minimum absolute atomic E-state index is 0.0461. The first-order valence-corrected chi connectivity index (χ1v) is 15.5. The number of benzene rings is 2. The Hall–Kier alpha value is -4.49. The second-order valence-corrected chi connectivity index (χ2v) is 11.4. The van der Waals surface area contributed by atoms with Gasteiger partial charge in [-0.2, -0.15) is 0 Å². The van der Waals surface area contributed by atoms with Gasteiger partial charge in [-0.25, -0.2) is 0 Å². The zero-order valence-electron chi connectivity index (χ0n) is 25.5. The Morgan fingerprint density at radius 1 is 0.867 bits per heavy atom. The molecule has 2 aromatic rings. The number of rotatable bonds is 14. The second kappa shape index (κ2) is 16.0. The predicted octanol–water partition coefficient (Wildman–Crippen LogP) is -0.642. The van der Waals surface area contributed by atoms with Gasteiger partial charge in [-0.05, 0) is 56.3 Å². The summed E-state index contributed by atoms with van der Waals surface area (Å²) in [6.45, 7) is 0.924. The fourth-order valence-corrected chi connectivity index (χ4v) is 5.95. The van der Waals surface area contributed by atoms with Crippen LogP contribution in [0.4, 0.5) is 5.69 Å². The largest absolute Gasteiger partial charge is 0.345 e. The number of amides is 5. The normalized spacial score (nSPS) is 16.9. The van der Waals surface area contributed by atoms with Gasteiger partial charge in [0.2, 0.25) is 29.5 Å². The van der Waals surface area contributed by atoms with Crippen molar-refractivity contribution in [2.24, 2.45) is 11.5 Å². The molecule has 0 aliphatic carbocycles. The number of nitrogens with zero attached hydrogens (tertiary/aromatic N) is 2. The zero-order valence-corrected chi connectivity index (χ0v) is 25.5. The van der Waals surface area contributed by atoms with Crippen molar-refractivity contribution in [2.45, 2.75) is 56.1 Å². The minimum atomic E-state index is -0.929. The van der Waals surface area contributed by atoms with Crippen LogP contribution in [0, 0.1) is 0 Å². The lowest BCUT2D eigenvalue weighted by Gasteiger charge is -2.44. The number of anilines is 1. The molecule has 2 fully saturated rings. The molecule has 45 heavy (non-hydrogen) atoms. The molecule has 0 unspecified atom stereocenters. The Morgan fingerprint density at radius 2 is 1.51 bits per heavy atom. The highest BCUT2D eigenvalue weighted by Crippen LogP contribution is 2.36. The molecule has 0 radical (unpaired) electrons. The SMILES string of the molecule is NCCCC[C@@H](NC(=O)CNC(=O)[C@@H](Cc1ccccc1)NC(=O)CN)C(=O)N1CCC2(CC1)C(=O)NCN2c1ccccc1. The molecule has 242 valence electrons. The third kappa shape index (κ3) is 8.58. The number of carbonyl (C=O) groups is 5. The van der Waals surface area contributed by atoms with Gasteiger partial charge >= 0.3 is 0 Å². The van der Waals surface area contributed by atoms with Crippen LogP contribution in [-0.2, 0) is 30.4 Å². The molecule has 0 saturated carbocycles. The summed E-state index contributed by atoms with van der Waals surface area (Å²) in [5.74, 6) is -1.84. The zero-order chi connectivity index (χ0) is 32.2. The number of unbranched alkanes of at least 4 members (excludes halogenated alkanes) is 1. The molecule has 2 aliphatic heterocycles. The molecular weight excluding hydrogens is 576 g/mol. The van der Waals surface area contributed by atoms with E-state index in [9.17, 15) is 24.0 Å². The van der Waals surface area contributed by atoms with Gasteiger partial charge in [0, 0.05) is 25.2 Å². The summed E-state index contributed by atoms with van der Waals surface area (Å²) in [6, 6.07) is 17.2. The molecule has 5 amide bonds. The van der Waals surface area contributed by atoms with E-state index in [1.165, 1.54) is 0 Å². The lowest BCUT2D eigenvalue weighted by Crippen LogP contribution is -2.59. The average molecular weight is 621 g/mol. The molecule has 13 heteroatoms. The number of piperidine rings is 1. The first kappa shape index (κ1) is 33.4. The van der Waals surface area contributed by atoms with Crippen LogP contribution in [0.1, 0.15) is 37.7 Å². The number of nitrogens with one attached hydrogen (secondary N) is 4. The van der Waals surface area contributed by atoms with E-state index in [1.807, 2.05) is 60.7 Å². The number of para-hydroxylation sites is 1. The molecule has 0 bridgehead atoms. The van der Waals surface area contributed by atoms with Crippen LogP contribution in [0.15, 0.2) is 60.7 Å². The second-order valence-electron chi connectivity index (χ2n) is 11.4. The third-order valence-electron chi connectivity index (χ3n) is 8.43. The van der Waals surface area contributed by atoms with Crippen molar-refractivity contribution in [1.82, 2.24) is 26.2 Å². The van der Waals surface area contributed by atoms with E-state index in [0.29, 0.717) is 58.4 Å². The van der Waals surface area contributed by atoms with Gasteiger partial charge in [0.15, 0.2) is 0 Å². The maximum Gasteiger partial charge on any atom is 0.247 e. The van der Waals surface area contributed by atoms with Crippen LogP contribution in [-0.4, -0.2) is 91.5 Å². The molecule has 13 nitrogen and oxygen atoms in total. The molecule has 1 spiro atoms. The quantitative estimate of drug-likeness (QED) is 0.150. The van der Waals surface area contributed by atoms with Crippen molar-refractivity contribution >= 4 is 35.2 Å². The monoisotopic (exact) mass is 620 g/mol. The maximum absolute atomic E-state index is 13.7. The Kier molecular flexibility index (Phi) is 11.9. The van der Waals surface area contributed by atoms with Gasteiger partial charge in [-0.3, -0.25) is 24.0 Å². The predicted molar refractivity (Wildman–Crippen MR) is 169 cm³/mol. The van der Waals surface area contributed by atoms with Crippen molar-refractivity contribution in [1.29, 1.82) is 0 Å². The van der Waals surface area contributed by atoms with Gasteiger partial charge in [0.25, 0.3) is 0 Å². The van der Waals surface area contributed by atoms with Crippen LogP contribution in [0.25, 0.3) is 0 Å². The number of hydrogen-bond acceptors (Lipinski definition) is 8. The highest BCUT2D eigenvalue weighted by Gasteiger charge is 2.51. The van der Waals surface area contributed by atoms with Crippen molar-refractivity contribution in [3.8, 4) is 0 Å². The molecule has 2 heterocycles. The highest BCUT2D eigenvalue weighted by molar-refractivity contribution is 5.95. The van der Waals surface area contributed by atoms with Gasteiger partial charge in [-0.15, -0.1) is 0 Å². The fourth-order valence-electron chi connectivity index (χ4n) is 5.95. The number of hydrogen-bond donors (Lipinski definition) is 6. The summed E-state index contributed by atoms with van der Waals surface area (Å²) in [7, 11) is 0. The van der Waals surface area contributed by atoms with E-state index in [0.717, 1.165) is 11.3 Å². The van der Waals surface area contributed by atoms with Gasteiger partial charge in [0.05, 0.1) is 19.8 Å². The number of nitrogens with two attached hydrogens (primary N) is 2. The molecule has 0 aromatic heterocycles. The molecule has 4 rings (SSSR count). The third-order valence-corrected chi connectivity index (χ3v) is 8.43. The summed E-state index contributed by atoms with van der Waals surface area (Å²) in [5, 5.41) is 10.9. The van der Waals surface area contributed by atoms with Gasteiger partial charge in [-0.1, -0.05) is 48.5 Å². The number of carbonyl (C=O) groups excluding carboxylic acids is 5. The Morgan fingerprint density at radius 3 is 2.16 bits per heavy atom. The van der Waals surface area contributed by atoms with Crippen LogP contribution in [0.5, 0.6) is 0 Å². The van der Waals surface area contributed by atoms with E-state index in [1.54, 1.807) is 4.90 Å². The Balaban J connectivity index is 1.36. The van der Waals surface area contributed by atoms with Crippen molar-refractivity contribution < 1.29 is 24.0 Å². The van der Waals surface area contributed by atoms with E-state index >= 15 is 0 Å². The first-order valence-electron chi connectivity index (χ1n) is 15.5. The lowest BCUT2D eigenvalue weighted by atomic mass is 9.85. The molecular formula is C32H44N8O5. The van der Waals surface area contributed by atoms with Crippen LogP contribution in [0.3, 0.4) is 0 Å². The van der Waals surface area contributed by atoms with Crippen molar-refractivity contribution in [3.63, 3.8) is 0 Å². The standard InChI is InChI=1S/C32H44N8O5/c33-16-8-7-13-25(37-28(42)21-35-29(43)26(38-27(41)20-34)19-23-9-3-1-4-10-23)30(44)39-17-14-32(15-18-39)31(45)36-22-40(32)24-11-5-2-6-12-24/h1-6,9-12,25-26H,7-8,13-22,33-34H2,(H,35,43)(H,36,45)(H,37,42)(H,38,41)/t25-,26-/m1/s1. The van der Waals surface area contributed by atoms with Crippen LogP contribution >= 0.6 is 0 Å². The maximum atomic E-state index is 13.7. The van der Waals surface area contributed by atoms with Crippen molar-refractivity contribution in [3.05, 3.63) is 66.2 Å². The molecule has 2 aromatic carbocycles. The minimum Gasteiger partial charge on any atom is -0.345 e. The van der Waals surface area contributed by atoms with Gasteiger partial charge < -0.3 is 42.5 Å². The molecule has 8 N–H and O–H groups in total. The van der Waals surface area contributed by atoms with Crippen LogP contribution in [0.2, 0.25) is 0 Å². The summed E-state index contributed by atoms with van der Waals surface area (Å²) in [4.78, 5) is 68.4. The summed E-state index contributed by atoms with van der Waals surface area (Å²) in [6.07, 6.45) is 2.83. The Bertz CT molecular complexity index is 1320. The summed E-state index contributed by atoms with van der Waals surface area (Å²) >= 11 is 0. The summed E-state index contributed by atoms with van der Waals surface area (Å²) < 4.78 is 0. The molecule has 2 aliphatic rings. The smallest absolute Gasteiger partial charge is 0.247 e. The fraction of sp³-hybridized carbons (Fsp3) is 0.469. The van der Waals surface area contributed by atoms with E-state index in [4.69, 9.17) is 11.5 Å². The van der Waals surface area contributed by atoms with Crippen LogP contribution < -0.4 is 37.6 Å². The van der Waals surface area contributed by atoms with Gasteiger partial charge in [0.1, 0.15) is 17.6 Å². The summed E-state index contributed by atoms with van der Waals surface area (Å²) in [5.41, 5.74) is 12.1. The van der Waals surface area contributed by atoms with E-state index in [2.05, 4.69) is 26.2 Å². The molecule has 2 saturated heterocycles. The first-order chi connectivity index (χ1) is 21.8. The van der Waals surface area contributed by atoms with Crippen molar-refractivity contribution in [2.75, 3.05) is 44.3 Å². The number of likely N-dealkylation sites (tertiary alicyclic amines) is 1. The molecule has 2 atom stereocenters. The highest BCUT2D eigenvalue weighted by atomic mass is 16.2. The van der Waals surface area contributed by atoms with E-state index in [-0.39, 0.29) is 31.3 Å². The average Bonchev–Trinajstić information content (AvgIpc) is 3.38. The van der Waals surface area contributed by atoms with E-state index < -0.39 is 35.3 Å².